The standard InChI is InChI=1S/C33H34BrNO6Si/c1-33(2,3)42(25-14-10-7-11-15-25)41-26-19-17-24(21-28(26)39-5)35-29(36)20-23-16-18-27(38-4)31(30(23)34)40-32(37)22-12-8-6-9-13-22/h6-19,21,42H,20H2,1-5H3,(H,35,36). The number of hydrogen-bond donors (Lipinski definition) is 1. The number of amides is 1. The van der Waals surface area contributed by atoms with Crippen LogP contribution in [0.5, 0.6) is 23.0 Å². The second-order valence-electron chi connectivity index (χ2n) is 10.7. The van der Waals surface area contributed by atoms with Crippen molar-refractivity contribution < 1.29 is 28.2 Å². The van der Waals surface area contributed by atoms with Crippen molar-refractivity contribution >= 4 is 47.7 Å². The fourth-order valence-corrected chi connectivity index (χ4v) is 7.48. The van der Waals surface area contributed by atoms with Crippen LogP contribution in [-0.4, -0.2) is 35.1 Å². The van der Waals surface area contributed by atoms with E-state index in [9.17, 15) is 9.59 Å². The lowest BCUT2D eigenvalue weighted by atomic mass is 10.1. The first-order valence-electron chi connectivity index (χ1n) is 13.4. The summed E-state index contributed by atoms with van der Waals surface area (Å²) < 4.78 is 23.8. The number of methoxy groups -OCH3 is 2. The molecule has 1 amide bonds. The highest BCUT2D eigenvalue weighted by molar-refractivity contribution is 9.10. The van der Waals surface area contributed by atoms with E-state index in [4.69, 9.17) is 18.6 Å². The van der Waals surface area contributed by atoms with E-state index < -0.39 is 15.0 Å². The van der Waals surface area contributed by atoms with Crippen LogP contribution in [0.4, 0.5) is 5.69 Å². The molecule has 0 saturated heterocycles. The van der Waals surface area contributed by atoms with Gasteiger partial charge in [-0.15, -0.1) is 0 Å². The Morgan fingerprint density at radius 2 is 1.43 bits per heavy atom. The monoisotopic (exact) mass is 647 g/mol. The van der Waals surface area contributed by atoms with Gasteiger partial charge >= 0.3 is 5.97 Å². The quantitative estimate of drug-likeness (QED) is 0.117. The number of halogens is 1. The third kappa shape index (κ3) is 7.60. The molecule has 0 aliphatic heterocycles. The molecule has 1 N–H and O–H groups in total. The van der Waals surface area contributed by atoms with Crippen molar-refractivity contribution in [3.63, 3.8) is 0 Å². The number of carbonyl (C=O) groups is 2. The molecule has 0 bridgehead atoms. The number of nitrogens with one attached hydrogen (secondary N) is 1. The highest BCUT2D eigenvalue weighted by Gasteiger charge is 2.32. The molecule has 9 heteroatoms. The molecule has 0 saturated carbocycles. The molecule has 218 valence electrons. The summed E-state index contributed by atoms with van der Waals surface area (Å²) in [5, 5.41) is 4.08. The zero-order valence-corrected chi connectivity index (χ0v) is 27.0. The van der Waals surface area contributed by atoms with Gasteiger partial charge in [0.05, 0.1) is 30.7 Å². The Hall–Kier alpha value is -4.08. The van der Waals surface area contributed by atoms with Crippen molar-refractivity contribution in [3.8, 4) is 23.0 Å². The van der Waals surface area contributed by atoms with Crippen molar-refractivity contribution in [1.82, 2.24) is 0 Å². The summed E-state index contributed by atoms with van der Waals surface area (Å²) in [7, 11) is 1.16. The van der Waals surface area contributed by atoms with Crippen molar-refractivity contribution in [1.29, 1.82) is 0 Å². The second-order valence-corrected chi connectivity index (χ2v) is 14.9. The zero-order valence-electron chi connectivity index (χ0n) is 24.3. The molecular formula is C33H34BrNO6Si. The molecule has 0 aromatic heterocycles. The average Bonchev–Trinajstić information content (AvgIpc) is 2.98. The van der Waals surface area contributed by atoms with Crippen LogP contribution in [0.1, 0.15) is 36.7 Å². The predicted octanol–water partition coefficient (Wildman–Crippen LogP) is 6.68. The Balaban J connectivity index is 1.50. The van der Waals surface area contributed by atoms with Gasteiger partial charge in [-0.3, -0.25) is 4.79 Å². The van der Waals surface area contributed by atoms with Crippen LogP contribution in [0.2, 0.25) is 5.04 Å². The third-order valence-electron chi connectivity index (χ3n) is 6.50. The first kappa shape index (κ1) is 30.9. The van der Waals surface area contributed by atoms with E-state index in [1.54, 1.807) is 55.6 Å². The lowest BCUT2D eigenvalue weighted by Gasteiger charge is -2.30. The number of benzene rings is 4. The van der Waals surface area contributed by atoms with Crippen LogP contribution in [0, 0.1) is 0 Å². The van der Waals surface area contributed by atoms with Gasteiger partial charge in [0.1, 0.15) is 5.75 Å². The molecule has 0 radical (unpaired) electrons. The Morgan fingerprint density at radius 3 is 2.05 bits per heavy atom. The van der Waals surface area contributed by atoms with Gasteiger partial charge < -0.3 is 24.0 Å². The Labute approximate surface area is 256 Å². The van der Waals surface area contributed by atoms with Gasteiger partial charge in [-0.2, -0.15) is 0 Å². The van der Waals surface area contributed by atoms with Crippen molar-refractivity contribution in [2.75, 3.05) is 19.5 Å². The predicted molar refractivity (Wildman–Crippen MR) is 171 cm³/mol. The number of anilines is 1. The SMILES string of the molecule is COc1cc(NC(=O)Cc2ccc(OC)c(OC(=O)c3ccccc3)c2Br)ccc1O[SiH](c1ccccc1)C(C)(C)C. The third-order valence-corrected chi connectivity index (χ3v) is 10.4. The Morgan fingerprint density at radius 1 is 0.810 bits per heavy atom. The number of rotatable bonds is 10. The minimum Gasteiger partial charge on any atom is -0.539 e. The number of esters is 1. The van der Waals surface area contributed by atoms with E-state index in [0.29, 0.717) is 38.5 Å². The summed E-state index contributed by atoms with van der Waals surface area (Å²) in [6.45, 7) is 6.55. The molecule has 0 fully saturated rings. The molecule has 1 unspecified atom stereocenters. The molecule has 1 atom stereocenters. The molecular weight excluding hydrogens is 614 g/mol. The van der Waals surface area contributed by atoms with Crippen LogP contribution in [-0.2, 0) is 11.2 Å². The van der Waals surface area contributed by atoms with E-state index in [-0.39, 0.29) is 23.1 Å². The van der Waals surface area contributed by atoms with Gasteiger partial charge in [0.25, 0.3) is 9.04 Å². The molecule has 4 rings (SSSR count). The zero-order chi connectivity index (χ0) is 30.3. The van der Waals surface area contributed by atoms with Crippen LogP contribution >= 0.6 is 15.9 Å². The number of hydrogen-bond acceptors (Lipinski definition) is 6. The lowest BCUT2D eigenvalue weighted by Crippen LogP contribution is -2.44. The van der Waals surface area contributed by atoms with Crippen LogP contribution < -0.4 is 29.1 Å². The van der Waals surface area contributed by atoms with Crippen molar-refractivity contribution in [2.24, 2.45) is 0 Å². The molecule has 7 nitrogen and oxygen atoms in total. The normalized spacial score (nSPS) is 11.8. The summed E-state index contributed by atoms with van der Waals surface area (Å²) >= 11 is 3.51. The largest absolute Gasteiger partial charge is 0.539 e. The molecule has 4 aromatic rings. The van der Waals surface area contributed by atoms with Gasteiger partial charge in [-0.25, -0.2) is 4.79 Å². The maximum atomic E-state index is 13.1. The van der Waals surface area contributed by atoms with Crippen LogP contribution in [0.15, 0.2) is 95.5 Å². The van der Waals surface area contributed by atoms with E-state index in [0.717, 1.165) is 0 Å². The van der Waals surface area contributed by atoms with Gasteiger partial charge in [-0.1, -0.05) is 75.4 Å². The Bertz CT molecular complexity index is 1540. The topological polar surface area (TPSA) is 83.1 Å². The average molecular weight is 649 g/mol. The first-order chi connectivity index (χ1) is 20.1. The molecule has 0 aliphatic carbocycles. The number of ether oxygens (including phenoxy) is 3. The van der Waals surface area contributed by atoms with E-state index in [1.165, 1.54) is 12.3 Å². The maximum absolute atomic E-state index is 13.1. The Kier molecular flexibility index (Phi) is 10.1. The fraction of sp³-hybridized carbons (Fsp3) is 0.212. The minimum atomic E-state index is -1.91. The smallest absolute Gasteiger partial charge is 0.343 e. The van der Waals surface area contributed by atoms with E-state index in [2.05, 4.69) is 54.2 Å². The molecule has 4 aromatic carbocycles. The van der Waals surface area contributed by atoms with Crippen molar-refractivity contribution in [2.45, 2.75) is 32.2 Å². The molecule has 42 heavy (non-hydrogen) atoms. The number of carbonyl (C=O) groups excluding carboxylic acids is 2. The second kappa shape index (κ2) is 13.7. The van der Waals surface area contributed by atoms with Crippen molar-refractivity contribution in [3.05, 3.63) is 107 Å². The maximum Gasteiger partial charge on any atom is 0.343 e. The van der Waals surface area contributed by atoms with Gasteiger partial charge in [0.2, 0.25) is 5.91 Å². The lowest BCUT2D eigenvalue weighted by molar-refractivity contribution is -0.115. The summed E-state index contributed by atoms with van der Waals surface area (Å²) in [6.07, 6.45) is 0.0219. The minimum absolute atomic E-state index is 0.0219. The van der Waals surface area contributed by atoms with E-state index >= 15 is 0 Å². The van der Waals surface area contributed by atoms with Crippen LogP contribution in [0.3, 0.4) is 0 Å². The van der Waals surface area contributed by atoms with E-state index in [1.807, 2.05) is 30.3 Å². The van der Waals surface area contributed by atoms with Gasteiger partial charge in [-0.05, 0) is 62.1 Å². The molecule has 0 spiro atoms. The summed E-state index contributed by atoms with van der Waals surface area (Å²) in [4.78, 5) is 25.8. The van der Waals surface area contributed by atoms with Crippen LogP contribution in [0.25, 0.3) is 0 Å². The fourth-order valence-electron chi connectivity index (χ4n) is 4.42. The summed E-state index contributed by atoms with van der Waals surface area (Å²) in [5.41, 5.74) is 1.59. The van der Waals surface area contributed by atoms with Gasteiger partial charge in [0.15, 0.2) is 17.2 Å². The summed E-state index contributed by atoms with van der Waals surface area (Å²) in [5.74, 6) is 0.941. The molecule has 0 heterocycles. The first-order valence-corrected chi connectivity index (χ1v) is 15.8. The summed E-state index contributed by atoms with van der Waals surface area (Å²) in [6, 6.07) is 27.7. The highest BCUT2D eigenvalue weighted by atomic mass is 79.9. The molecule has 0 aliphatic rings. The highest BCUT2D eigenvalue weighted by Crippen LogP contribution is 2.39. The van der Waals surface area contributed by atoms with Gasteiger partial charge in [0, 0.05) is 11.8 Å².